The van der Waals surface area contributed by atoms with Gasteiger partial charge in [-0.1, -0.05) is 60.5 Å². The molecule has 2 amide bonds. The second-order valence-electron chi connectivity index (χ2n) is 8.54. The highest BCUT2D eigenvalue weighted by molar-refractivity contribution is 7.92. The number of nitrogens with one attached hydrogen (secondary N) is 1. The molecule has 0 saturated heterocycles. The van der Waals surface area contributed by atoms with Crippen molar-refractivity contribution in [1.29, 1.82) is 0 Å². The van der Waals surface area contributed by atoms with Crippen LogP contribution in [0.5, 0.6) is 0 Å². The van der Waals surface area contributed by atoms with Crippen LogP contribution in [0, 0.1) is 5.82 Å². The van der Waals surface area contributed by atoms with Crippen molar-refractivity contribution in [2.45, 2.75) is 37.8 Å². The van der Waals surface area contributed by atoms with E-state index in [9.17, 15) is 22.4 Å². The number of hydrogen-bond donors (Lipinski definition) is 1. The molecule has 0 bridgehead atoms. The van der Waals surface area contributed by atoms with E-state index >= 15 is 0 Å². The van der Waals surface area contributed by atoms with Crippen LogP contribution in [0.25, 0.3) is 0 Å². The molecule has 7 nitrogen and oxygen atoms in total. The highest BCUT2D eigenvalue weighted by atomic mass is 35.5. The Kier molecular flexibility index (Phi) is 10.1. The lowest BCUT2D eigenvalue weighted by atomic mass is 10.1. The number of anilines is 1. The predicted octanol–water partition coefficient (Wildman–Crippen LogP) is 5.27. The first kappa shape index (κ1) is 29.4. The Balaban J connectivity index is 2.04. The fraction of sp³-hybridized carbons (Fsp3) is 0.259. The molecule has 0 unspecified atom stereocenters. The third-order valence-electron chi connectivity index (χ3n) is 5.77. The number of amides is 2. The maximum atomic E-state index is 13.8. The first-order valence-corrected chi connectivity index (χ1v) is 14.1. The van der Waals surface area contributed by atoms with E-state index in [1.165, 1.54) is 59.5 Å². The number of sulfonamides is 1. The third kappa shape index (κ3) is 7.24. The number of carbonyl (C=O) groups is 2. The van der Waals surface area contributed by atoms with Crippen molar-refractivity contribution >= 4 is 50.7 Å². The summed E-state index contributed by atoms with van der Waals surface area (Å²) in [4.78, 5) is 27.8. The van der Waals surface area contributed by atoms with Crippen LogP contribution in [0.1, 0.15) is 25.8 Å². The molecule has 3 aromatic rings. The van der Waals surface area contributed by atoms with Crippen LogP contribution in [0.2, 0.25) is 10.0 Å². The fourth-order valence-electron chi connectivity index (χ4n) is 3.68. The van der Waals surface area contributed by atoms with E-state index in [1.54, 1.807) is 25.1 Å². The molecule has 3 aromatic carbocycles. The summed E-state index contributed by atoms with van der Waals surface area (Å²) in [5.41, 5.74) is 0.578. The third-order valence-corrected chi connectivity index (χ3v) is 8.10. The second kappa shape index (κ2) is 13.1. The van der Waals surface area contributed by atoms with Crippen molar-refractivity contribution in [3.63, 3.8) is 0 Å². The van der Waals surface area contributed by atoms with Gasteiger partial charge in [0, 0.05) is 18.1 Å². The average Bonchev–Trinajstić information content (AvgIpc) is 2.91. The van der Waals surface area contributed by atoms with Gasteiger partial charge in [0.25, 0.3) is 10.0 Å². The van der Waals surface area contributed by atoms with Crippen molar-refractivity contribution in [1.82, 2.24) is 10.2 Å². The molecule has 0 radical (unpaired) electrons. The topological polar surface area (TPSA) is 86.8 Å². The summed E-state index contributed by atoms with van der Waals surface area (Å²) in [6, 6.07) is 16.5. The lowest BCUT2D eigenvalue weighted by Gasteiger charge is -2.32. The van der Waals surface area contributed by atoms with Crippen LogP contribution < -0.4 is 9.62 Å². The van der Waals surface area contributed by atoms with Gasteiger partial charge < -0.3 is 10.2 Å². The van der Waals surface area contributed by atoms with E-state index in [2.05, 4.69) is 5.32 Å². The van der Waals surface area contributed by atoms with Gasteiger partial charge in [-0.2, -0.15) is 0 Å². The minimum Gasteiger partial charge on any atom is -0.354 e. The van der Waals surface area contributed by atoms with Gasteiger partial charge >= 0.3 is 0 Å². The van der Waals surface area contributed by atoms with Crippen LogP contribution >= 0.6 is 23.2 Å². The van der Waals surface area contributed by atoms with E-state index in [-0.39, 0.29) is 27.2 Å². The van der Waals surface area contributed by atoms with Gasteiger partial charge in [-0.15, -0.1) is 0 Å². The molecule has 202 valence electrons. The lowest BCUT2D eigenvalue weighted by molar-refractivity contribution is -0.139. The Bertz CT molecular complexity index is 1370. The molecule has 0 fully saturated rings. The van der Waals surface area contributed by atoms with Gasteiger partial charge in [-0.05, 0) is 61.4 Å². The molecule has 1 atom stereocenters. The molecular formula is C27H28Cl2FN3O4S. The maximum absolute atomic E-state index is 13.8. The summed E-state index contributed by atoms with van der Waals surface area (Å²) in [6.45, 7) is 3.14. The molecule has 0 aromatic heterocycles. The van der Waals surface area contributed by atoms with Crippen LogP contribution in [0.3, 0.4) is 0 Å². The fourth-order valence-corrected chi connectivity index (χ4v) is 5.56. The van der Waals surface area contributed by atoms with Crippen LogP contribution in [0.4, 0.5) is 10.1 Å². The largest absolute Gasteiger partial charge is 0.354 e. The molecule has 0 saturated carbocycles. The number of hydrogen-bond acceptors (Lipinski definition) is 4. The SMILES string of the molecule is CCCNC(=O)[C@H](C)N(Cc1ccc(F)cc1)C(=O)CN(c1cc(Cl)ccc1Cl)S(=O)(=O)c1ccccc1. The maximum Gasteiger partial charge on any atom is 0.264 e. The summed E-state index contributed by atoms with van der Waals surface area (Å²) >= 11 is 12.5. The predicted molar refractivity (Wildman–Crippen MR) is 147 cm³/mol. The Morgan fingerprint density at radius 1 is 1.00 bits per heavy atom. The van der Waals surface area contributed by atoms with Crippen molar-refractivity contribution in [2.24, 2.45) is 0 Å². The Hall–Kier alpha value is -3.14. The summed E-state index contributed by atoms with van der Waals surface area (Å²) in [6.07, 6.45) is 0.695. The Morgan fingerprint density at radius 2 is 1.66 bits per heavy atom. The molecule has 3 rings (SSSR count). The number of carbonyl (C=O) groups excluding carboxylic acids is 2. The average molecular weight is 581 g/mol. The van der Waals surface area contributed by atoms with E-state index in [1.807, 2.05) is 6.92 Å². The molecule has 0 heterocycles. The highest BCUT2D eigenvalue weighted by Crippen LogP contribution is 2.33. The Morgan fingerprint density at radius 3 is 2.29 bits per heavy atom. The van der Waals surface area contributed by atoms with E-state index < -0.39 is 40.2 Å². The lowest BCUT2D eigenvalue weighted by Crippen LogP contribution is -2.51. The molecular weight excluding hydrogens is 552 g/mol. The summed E-state index contributed by atoms with van der Waals surface area (Å²) in [5.74, 6) is -1.51. The van der Waals surface area contributed by atoms with Crippen molar-refractivity contribution in [3.05, 3.63) is 94.2 Å². The molecule has 1 N–H and O–H groups in total. The number of halogens is 3. The summed E-state index contributed by atoms with van der Waals surface area (Å²) in [5, 5.41) is 3.05. The van der Waals surface area contributed by atoms with Gasteiger partial charge in [-0.25, -0.2) is 12.8 Å². The normalized spacial score (nSPS) is 12.0. The minimum absolute atomic E-state index is 0.0150. The van der Waals surface area contributed by atoms with Gasteiger partial charge in [0.05, 0.1) is 15.6 Å². The second-order valence-corrected chi connectivity index (χ2v) is 11.2. The van der Waals surface area contributed by atoms with Gasteiger partial charge in [0.1, 0.15) is 18.4 Å². The molecule has 0 spiro atoms. The van der Waals surface area contributed by atoms with E-state index in [4.69, 9.17) is 23.2 Å². The number of benzene rings is 3. The van der Waals surface area contributed by atoms with Crippen molar-refractivity contribution in [3.8, 4) is 0 Å². The molecule has 38 heavy (non-hydrogen) atoms. The Labute approximate surface area is 232 Å². The van der Waals surface area contributed by atoms with Crippen molar-refractivity contribution < 1.29 is 22.4 Å². The summed E-state index contributed by atoms with van der Waals surface area (Å²) < 4.78 is 41.8. The molecule has 0 aliphatic rings. The standard InChI is InChI=1S/C27H28Cl2FN3O4S/c1-3-15-31-27(35)19(2)32(17-20-9-12-22(30)13-10-20)26(34)18-33(25-16-21(28)11-14-24(25)29)38(36,37)23-7-5-4-6-8-23/h4-14,16,19H,3,15,17-18H2,1-2H3,(H,31,35)/t19-/m0/s1. The van der Waals surface area contributed by atoms with Crippen LogP contribution in [-0.2, 0) is 26.2 Å². The van der Waals surface area contributed by atoms with E-state index in [0.717, 1.165) is 4.31 Å². The molecule has 0 aliphatic heterocycles. The molecule has 11 heteroatoms. The monoisotopic (exact) mass is 579 g/mol. The number of nitrogens with zero attached hydrogens (tertiary/aromatic N) is 2. The first-order valence-electron chi connectivity index (χ1n) is 11.9. The van der Waals surface area contributed by atoms with Gasteiger partial charge in [0.15, 0.2) is 0 Å². The minimum atomic E-state index is -4.27. The zero-order valence-corrected chi connectivity index (χ0v) is 23.2. The van der Waals surface area contributed by atoms with Crippen LogP contribution in [-0.4, -0.2) is 44.3 Å². The zero-order valence-electron chi connectivity index (χ0n) is 20.9. The highest BCUT2D eigenvalue weighted by Gasteiger charge is 2.33. The molecule has 0 aliphatic carbocycles. The quantitative estimate of drug-likeness (QED) is 0.335. The van der Waals surface area contributed by atoms with Gasteiger partial charge in [0.2, 0.25) is 11.8 Å². The van der Waals surface area contributed by atoms with Gasteiger partial charge in [-0.3, -0.25) is 13.9 Å². The smallest absolute Gasteiger partial charge is 0.264 e. The van der Waals surface area contributed by atoms with E-state index in [0.29, 0.717) is 18.5 Å². The number of rotatable bonds is 11. The van der Waals surface area contributed by atoms with Crippen LogP contribution in [0.15, 0.2) is 77.7 Å². The summed E-state index contributed by atoms with van der Waals surface area (Å²) in [7, 11) is -4.27. The zero-order chi connectivity index (χ0) is 27.9. The van der Waals surface area contributed by atoms with Crippen molar-refractivity contribution in [2.75, 3.05) is 17.4 Å². The first-order chi connectivity index (χ1) is 18.0.